The summed E-state index contributed by atoms with van der Waals surface area (Å²) in [5.74, 6) is -0.166. The molecule has 4 aromatic rings. The number of hydrogen-bond donors (Lipinski definition) is 1. The number of fused-ring (bicyclic) bond motifs is 2. The molecule has 0 radical (unpaired) electrons. The molecule has 1 heterocycles. The Morgan fingerprint density at radius 2 is 1.46 bits per heavy atom. The SMILES string of the molecule is O=C(Nc1cccc(SCC(=O)N2c3ccccc3CCc3ccccc32)c1)c1ccc([N+](=O)[O-])cc1. The summed E-state index contributed by atoms with van der Waals surface area (Å²) in [6.07, 6.45) is 1.75. The average Bonchev–Trinajstić information content (AvgIpc) is 3.09. The predicted molar refractivity (Wildman–Crippen MR) is 146 cm³/mol. The summed E-state index contributed by atoms with van der Waals surface area (Å²) in [5, 5.41) is 13.7. The van der Waals surface area contributed by atoms with Gasteiger partial charge in [-0.25, -0.2) is 0 Å². The van der Waals surface area contributed by atoms with Gasteiger partial charge in [-0.3, -0.25) is 24.6 Å². The lowest BCUT2D eigenvalue weighted by molar-refractivity contribution is -0.384. The van der Waals surface area contributed by atoms with Gasteiger partial charge in [0, 0.05) is 28.3 Å². The third-order valence-corrected chi connectivity index (χ3v) is 7.15. The molecule has 0 saturated heterocycles. The number of nitro groups is 1. The molecule has 0 aliphatic carbocycles. The van der Waals surface area contributed by atoms with Crippen molar-refractivity contribution >= 4 is 46.3 Å². The van der Waals surface area contributed by atoms with Crippen LogP contribution in [0.3, 0.4) is 0 Å². The molecule has 2 amide bonds. The highest BCUT2D eigenvalue weighted by Crippen LogP contribution is 2.37. The number of amides is 2. The lowest BCUT2D eigenvalue weighted by Crippen LogP contribution is -2.28. The normalized spacial score (nSPS) is 12.2. The quantitative estimate of drug-likeness (QED) is 0.184. The largest absolute Gasteiger partial charge is 0.322 e. The molecule has 7 nitrogen and oxygen atoms in total. The molecule has 5 rings (SSSR count). The van der Waals surface area contributed by atoms with Gasteiger partial charge < -0.3 is 5.32 Å². The minimum absolute atomic E-state index is 0.0212. The Hall–Kier alpha value is -4.43. The summed E-state index contributed by atoms with van der Waals surface area (Å²) < 4.78 is 0. The van der Waals surface area contributed by atoms with Crippen molar-refractivity contribution < 1.29 is 14.5 Å². The van der Waals surface area contributed by atoms with Gasteiger partial charge in [0.25, 0.3) is 11.6 Å². The first-order valence-corrected chi connectivity index (χ1v) is 12.8. The maximum absolute atomic E-state index is 13.6. The van der Waals surface area contributed by atoms with Crippen LogP contribution in [0.25, 0.3) is 0 Å². The topological polar surface area (TPSA) is 92.6 Å². The third kappa shape index (κ3) is 5.39. The molecular weight excluding hydrogens is 486 g/mol. The van der Waals surface area contributed by atoms with Crippen molar-refractivity contribution in [3.8, 4) is 0 Å². The number of carbonyl (C=O) groups is 2. The smallest absolute Gasteiger partial charge is 0.269 e. The fraction of sp³-hybridized carbons (Fsp3) is 0.103. The zero-order chi connectivity index (χ0) is 25.8. The van der Waals surface area contributed by atoms with Crippen LogP contribution in [0.4, 0.5) is 22.7 Å². The van der Waals surface area contributed by atoms with E-state index >= 15 is 0 Å². The van der Waals surface area contributed by atoms with Gasteiger partial charge in [0.2, 0.25) is 5.91 Å². The van der Waals surface area contributed by atoms with Crippen molar-refractivity contribution in [3.05, 3.63) is 124 Å². The van der Waals surface area contributed by atoms with Crippen LogP contribution in [0.15, 0.2) is 102 Å². The molecule has 1 N–H and O–H groups in total. The molecule has 0 saturated carbocycles. The number of aryl methyl sites for hydroxylation is 2. The highest BCUT2D eigenvalue weighted by atomic mass is 32.2. The summed E-state index contributed by atoms with van der Waals surface area (Å²) in [6.45, 7) is 0. The van der Waals surface area contributed by atoms with E-state index in [-0.39, 0.29) is 23.3 Å². The van der Waals surface area contributed by atoms with Crippen LogP contribution in [0.2, 0.25) is 0 Å². The van der Waals surface area contributed by atoms with E-state index in [1.165, 1.54) is 36.0 Å². The summed E-state index contributed by atoms with van der Waals surface area (Å²) in [4.78, 5) is 39.1. The first-order valence-electron chi connectivity index (χ1n) is 11.8. The van der Waals surface area contributed by atoms with Crippen LogP contribution in [0.1, 0.15) is 21.5 Å². The Bertz CT molecular complexity index is 1440. The second-order valence-electron chi connectivity index (χ2n) is 8.56. The molecule has 0 bridgehead atoms. The van der Waals surface area contributed by atoms with Crippen molar-refractivity contribution in [2.45, 2.75) is 17.7 Å². The number of nitrogens with zero attached hydrogens (tertiary/aromatic N) is 2. The summed E-state index contributed by atoms with van der Waals surface area (Å²) >= 11 is 1.40. The van der Waals surface area contributed by atoms with Crippen molar-refractivity contribution in [2.75, 3.05) is 16.0 Å². The number of hydrogen-bond acceptors (Lipinski definition) is 5. The van der Waals surface area contributed by atoms with Gasteiger partial charge in [-0.15, -0.1) is 11.8 Å². The second kappa shape index (κ2) is 10.7. The highest BCUT2D eigenvalue weighted by molar-refractivity contribution is 8.00. The van der Waals surface area contributed by atoms with Crippen LogP contribution in [0, 0.1) is 10.1 Å². The van der Waals surface area contributed by atoms with Crippen LogP contribution < -0.4 is 10.2 Å². The van der Waals surface area contributed by atoms with E-state index in [1.54, 1.807) is 6.07 Å². The molecule has 1 aliphatic rings. The van der Waals surface area contributed by atoms with Gasteiger partial charge in [0.1, 0.15) is 0 Å². The van der Waals surface area contributed by atoms with Crippen LogP contribution >= 0.6 is 11.8 Å². The molecule has 0 unspecified atom stereocenters. The van der Waals surface area contributed by atoms with E-state index in [0.717, 1.165) is 40.2 Å². The van der Waals surface area contributed by atoms with Gasteiger partial charge in [-0.1, -0.05) is 42.5 Å². The number of nitrogens with one attached hydrogen (secondary N) is 1. The number of rotatable bonds is 6. The number of benzene rings is 4. The molecular formula is C29H23N3O4S. The molecule has 0 aromatic heterocycles. The number of thioether (sulfide) groups is 1. The number of non-ortho nitro benzene ring substituents is 1. The zero-order valence-corrected chi connectivity index (χ0v) is 20.6. The molecule has 184 valence electrons. The molecule has 0 spiro atoms. The van der Waals surface area contributed by atoms with Gasteiger partial charge in [0.15, 0.2) is 0 Å². The van der Waals surface area contributed by atoms with Gasteiger partial charge in [0.05, 0.1) is 22.1 Å². The van der Waals surface area contributed by atoms with E-state index in [9.17, 15) is 19.7 Å². The Morgan fingerprint density at radius 1 is 0.838 bits per heavy atom. The maximum atomic E-state index is 13.6. The predicted octanol–water partition coefficient (Wildman–Crippen LogP) is 6.40. The van der Waals surface area contributed by atoms with Gasteiger partial charge in [-0.2, -0.15) is 0 Å². The summed E-state index contributed by atoms with van der Waals surface area (Å²) in [6, 6.07) is 28.8. The highest BCUT2D eigenvalue weighted by Gasteiger charge is 2.25. The first-order chi connectivity index (χ1) is 18.0. The fourth-order valence-electron chi connectivity index (χ4n) is 4.36. The van der Waals surface area contributed by atoms with Crippen molar-refractivity contribution in [3.63, 3.8) is 0 Å². The number of anilines is 3. The van der Waals surface area contributed by atoms with E-state index < -0.39 is 4.92 Å². The maximum Gasteiger partial charge on any atom is 0.269 e. The fourth-order valence-corrected chi connectivity index (χ4v) is 5.16. The molecule has 1 aliphatic heterocycles. The summed E-state index contributed by atoms with van der Waals surface area (Å²) in [5.41, 5.74) is 4.95. The van der Waals surface area contributed by atoms with Crippen molar-refractivity contribution in [1.82, 2.24) is 0 Å². The number of carbonyl (C=O) groups excluding carboxylic acids is 2. The van der Waals surface area contributed by atoms with Crippen molar-refractivity contribution in [1.29, 1.82) is 0 Å². The lowest BCUT2D eigenvalue weighted by Gasteiger charge is -2.25. The molecule has 4 aromatic carbocycles. The van der Waals surface area contributed by atoms with E-state index in [4.69, 9.17) is 0 Å². The molecule has 37 heavy (non-hydrogen) atoms. The Kier molecular flexibility index (Phi) is 7.00. The minimum Gasteiger partial charge on any atom is -0.322 e. The molecule has 0 fully saturated rings. The number of nitro benzene ring substituents is 1. The van der Waals surface area contributed by atoms with Crippen LogP contribution in [0.5, 0.6) is 0 Å². The Labute approximate surface area is 218 Å². The van der Waals surface area contributed by atoms with Crippen molar-refractivity contribution in [2.24, 2.45) is 0 Å². The Balaban J connectivity index is 1.30. The minimum atomic E-state index is -0.507. The van der Waals surface area contributed by atoms with E-state index in [0.29, 0.717) is 11.3 Å². The lowest BCUT2D eigenvalue weighted by atomic mass is 10.0. The first kappa shape index (κ1) is 24.3. The van der Waals surface area contributed by atoms with E-state index in [1.807, 2.05) is 59.5 Å². The standard InChI is InChI=1S/C29H23N3O4S/c33-28(31-26-10-3-1-6-20(26)12-13-21-7-2-4-11-27(21)31)19-37-25-9-5-8-23(18-25)30-29(34)22-14-16-24(17-15-22)32(35)36/h1-11,14-18H,12-13,19H2,(H,30,34). The second-order valence-corrected chi connectivity index (χ2v) is 9.61. The average molecular weight is 510 g/mol. The van der Waals surface area contributed by atoms with Crippen LogP contribution in [-0.4, -0.2) is 22.5 Å². The summed E-state index contributed by atoms with van der Waals surface area (Å²) in [7, 11) is 0. The molecule has 0 atom stereocenters. The van der Waals surface area contributed by atoms with E-state index in [2.05, 4.69) is 17.4 Å². The molecule has 8 heteroatoms. The van der Waals surface area contributed by atoms with Crippen LogP contribution in [-0.2, 0) is 17.6 Å². The number of para-hydroxylation sites is 2. The third-order valence-electron chi connectivity index (χ3n) is 6.17. The zero-order valence-electron chi connectivity index (χ0n) is 19.8. The Morgan fingerprint density at radius 3 is 2.08 bits per heavy atom. The van der Waals surface area contributed by atoms with Gasteiger partial charge in [-0.05, 0) is 66.4 Å². The van der Waals surface area contributed by atoms with Gasteiger partial charge >= 0.3 is 0 Å². The monoisotopic (exact) mass is 509 g/mol.